The van der Waals surface area contributed by atoms with Gasteiger partial charge in [0.05, 0.1) is 0 Å². The maximum atomic E-state index is 11.4. The summed E-state index contributed by atoms with van der Waals surface area (Å²) in [6.45, 7) is 4.17. The van der Waals surface area contributed by atoms with E-state index in [0.29, 0.717) is 12.4 Å². The van der Waals surface area contributed by atoms with Gasteiger partial charge >= 0.3 is 0 Å². The molecule has 1 rings (SSSR count). The van der Waals surface area contributed by atoms with E-state index in [1.807, 2.05) is 6.92 Å². The van der Waals surface area contributed by atoms with Gasteiger partial charge in [0.15, 0.2) is 0 Å². The fourth-order valence-corrected chi connectivity index (χ4v) is 0.979. The standard InChI is InChI=1S/C9H13N3O2/c1-3-4-10-8(13)7-5-11-6(2)12-9(7)14/h5H,3-4H2,1-2H3,(H,10,13)(H,11,12,14). The molecule has 1 heterocycles. The quantitative estimate of drug-likeness (QED) is 0.724. The summed E-state index contributed by atoms with van der Waals surface area (Å²) >= 11 is 0. The van der Waals surface area contributed by atoms with Crippen LogP contribution in [0.2, 0.25) is 0 Å². The zero-order valence-electron chi connectivity index (χ0n) is 8.26. The first kappa shape index (κ1) is 10.4. The van der Waals surface area contributed by atoms with Crippen molar-refractivity contribution in [2.75, 3.05) is 6.54 Å². The Morgan fingerprint density at radius 3 is 2.93 bits per heavy atom. The number of H-pyrrole nitrogens is 1. The highest BCUT2D eigenvalue weighted by molar-refractivity contribution is 5.93. The van der Waals surface area contributed by atoms with Crippen LogP contribution in [0.4, 0.5) is 0 Å². The Balaban J connectivity index is 2.85. The lowest BCUT2D eigenvalue weighted by Gasteiger charge is -2.01. The van der Waals surface area contributed by atoms with E-state index in [2.05, 4.69) is 15.3 Å². The lowest BCUT2D eigenvalue weighted by atomic mass is 10.3. The molecule has 1 amide bonds. The molecule has 1 aromatic heterocycles. The average Bonchev–Trinajstić information content (AvgIpc) is 2.14. The van der Waals surface area contributed by atoms with Crippen molar-refractivity contribution in [1.82, 2.24) is 15.3 Å². The molecule has 0 saturated carbocycles. The highest BCUT2D eigenvalue weighted by Gasteiger charge is 2.09. The number of aryl methyl sites for hydroxylation is 1. The summed E-state index contributed by atoms with van der Waals surface area (Å²) in [6, 6.07) is 0. The molecule has 0 atom stereocenters. The SMILES string of the molecule is CCCNC(=O)c1cnc(C)[nH]c1=O. The van der Waals surface area contributed by atoms with Crippen molar-refractivity contribution in [2.24, 2.45) is 0 Å². The minimum absolute atomic E-state index is 0.0593. The molecule has 0 aliphatic rings. The van der Waals surface area contributed by atoms with Crippen LogP contribution in [0.5, 0.6) is 0 Å². The molecule has 0 unspecified atom stereocenters. The van der Waals surface area contributed by atoms with Crippen molar-refractivity contribution in [3.05, 3.63) is 27.9 Å². The third-order valence-corrected chi connectivity index (χ3v) is 1.71. The lowest BCUT2D eigenvalue weighted by Crippen LogP contribution is -2.30. The van der Waals surface area contributed by atoms with Gasteiger partial charge in [-0.1, -0.05) is 6.92 Å². The summed E-state index contributed by atoms with van der Waals surface area (Å²) in [5.74, 6) is 0.127. The summed E-state index contributed by atoms with van der Waals surface area (Å²) < 4.78 is 0. The van der Waals surface area contributed by atoms with Crippen LogP contribution in [0, 0.1) is 6.92 Å². The molecule has 76 valence electrons. The van der Waals surface area contributed by atoms with Gasteiger partial charge in [-0.2, -0.15) is 0 Å². The van der Waals surface area contributed by atoms with E-state index >= 15 is 0 Å². The van der Waals surface area contributed by atoms with Crippen LogP contribution < -0.4 is 10.9 Å². The van der Waals surface area contributed by atoms with E-state index in [1.165, 1.54) is 6.20 Å². The first-order valence-corrected chi connectivity index (χ1v) is 4.49. The first-order chi connectivity index (χ1) is 6.65. The molecule has 14 heavy (non-hydrogen) atoms. The molecule has 5 nitrogen and oxygen atoms in total. The molecular formula is C9H13N3O2. The molecule has 2 N–H and O–H groups in total. The number of nitrogens with zero attached hydrogens (tertiary/aromatic N) is 1. The lowest BCUT2D eigenvalue weighted by molar-refractivity contribution is 0.0951. The molecule has 0 radical (unpaired) electrons. The van der Waals surface area contributed by atoms with E-state index in [0.717, 1.165) is 6.42 Å². The van der Waals surface area contributed by atoms with Crippen LogP contribution in [-0.4, -0.2) is 22.4 Å². The normalized spacial score (nSPS) is 9.86. The number of aromatic nitrogens is 2. The van der Waals surface area contributed by atoms with Crippen LogP contribution in [0.1, 0.15) is 29.5 Å². The van der Waals surface area contributed by atoms with E-state index in [4.69, 9.17) is 0 Å². The minimum Gasteiger partial charge on any atom is -0.352 e. The molecule has 0 aliphatic heterocycles. The summed E-state index contributed by atoms with van der Waals surface area (Å²) in [5.41, 5.74) is -0.338. The third-order valence-electron chi connectivity index (χ3n) is 1.71. The van der Waals surface area contributed by atoms with Gasteiger partial charge in [-0.25, -0.2) is 4.98 Å². The topological polar surface area (TPSA) is 74.8 Å². The van der Waals surface area contributed by atoms with Gasteiger partial charge in [0.2, 0.25) is 0 Å². The van der Waals surface area contributed by atoms with Gasteiger partial charge in [-0.05, 0) is 13.3 Å². The van der Waals surface area contributed by atoms with Crippen LogP contribution in [0.3, 0.4) is 0 Å². The van der Waals surface area contributed by atoms with Crippen molar-refractivity contribution in [3.63, 3.8) is 0 Å². The number of hydrogen-bond donors (Lipinski definition) is 2. The van der Waals surface area contributed by atoms with Gasteiger partial charge in [0, 0.05) is 12.7 Å². The Morgan fingerprint density at radius 1 is 1.64 bits per heavy atom. The van der Waals surface area contributed by atoms with E-state index in [9.17, 15) is 9.59 Å². The molecular weight excluding hydrogens is 182 g/mol. The second-order valence-electron chi connectivity index (χ2n) is 2.97. The molecule has 0 saturated heterocycles. The number of hydrogen-bond acceptors (Lipinski definition) is 3. The van der Waals surface area contributed by atoms with Crippen molar-refractivity contribution in [1.29, 1.82) is 0 Å². The summed E-state index contributed by atoms with van der Waals surface area (Å²) in [6.07, 6.45) is 2.13. The Labute approximate surface area is 81.6 Å². The third kappa shape index (κ3) is 2.42. The van der Waals surface area contributed by atoms with Crippen molar-refractivity contribution in [3.8, 4) is 0 Å². The van der Waals surface area contributed by atoms with Crippen molar-refractivity contribution < 1.29 is 4.79 Å². The zero-order chi connectivity index (χ0) is 10.6. The molecule has 0 aromatic carbocycles. The van der Waals surface area contributed by atoms with Crippen LogP contribution in [0.25, 0.3) is 0 Å². The molecule has 0 spiro atoms. The highest BCUT2D eigenvalue weighted by atomic mass is 16.2. The minimum atomic E-state index is -0.397. The van der Waals surface area contributed by atoms with Gasteiger partial charge in [-0.3, -0.25) is 9.59 Å². The van der Waals surface area contributed by atoms with Crippen molar-refractivity contribution >= 4 is 5.91 Å². The van der Waals surface area contributed by atoms with E-state index in [-0.39, 0.29) is 11.5 Å². The molecule has 5 heteroatoms. The number of amides is 1. The summed E-state index contributed by atoms with van der Waals surface area (Å²) in [4.78, 5) is 29.0. The highest BCUT2D eigenvalue weighted by Crippen LogP contribution is 1.88. The number of nitrogens with one attached hydrogen (secondary N) is 2. The fraction of sp³-hybridized carbons (Fsp3) is 0.444. The number of aromatic amines is 1. The molecule has 0 aliphatic carbocycles. The predicted octanol–water partition coefficient (Wildman–Crippen LogP) is 0.218. The number of carbonyl (C=O) groups is 1. The molecule has 0 fully saturated rings. The van der Waals surface area contributed by atoms with Gasteiger partial charge in [0.1, 0.15) is 11.4 Å². The van der Waals surface area contributed by atoms with Crippen LogP contribution in [-0.2, 0) is 0 Å². The largest absolute Gasteiger partial charge is 0.352 e. The first-order valence-electron chi connectivity index (χ1n) is 4.49. The second-order valence-corrected chi connectivity index (χ2v) is 2.97. The average molecular weight is 195 g/mol. The number of rotatable bonds is 3. The van der Waals surface area contributed by atoms with E-state index < -0.39 is 5.56 Å². The maximum Gasteiger partial charge on any atom is 0.263 e. The number of carbonyl (C=O) groups excluding carboxylic acids is 1. The smallest absolute Gasteiger partial charge is 0.263 e. The molecule has 1 aromatic rings. The monoisotopic (exact) mass is 195 g/mol. The zero-order valence-corrected chi connectivity index (χ0v) is 8.26. The predicted molar refractivity (Wildman–Crippen MR) is 52.2 cm³/mol. The van der Waals surface area contributed by atoms with Gasteiger partial charge < -0.3 is 10.3 Å². The van der Waals surface area contributed by atoms with Crippen molar-refractivity contribution in [2.45, 2.75) is 20.3 Å². The van der Waals surface area contributed by atoms with Crippen LogP contribution in [0.15, 0.2) is 11.0 Å². The fourth-order valence-electron chi connectivity index (χ4n) is 0.979. The Hall–Kier alpha value is -1.65. The summed E-state index contributed by atoms with van der Waals surface area (Å²) in [5, 5.41) is 2.61. The Kier molecular flexibility index (Phi) is 3.39. The summed E-state index contributed by atoms with van der Waals surface area (Å²) in [7, 11) is 0. The Bertz CT molecular complexity index is 384. The maximum absolute atomic E-state index is 11.4. The second kappa shape index (κ2) is 4.55. The molecule has 0 bridgehead atoms. The Morgan fingerprint density at radius 2 is 2.36 bits per heavy atom. The van der Waals surface area contributed by atoms with Gasteiger partial charge in [-0.15, -0.1) is 0 Å². The van der Waals surface area contributed by atoms with Gasteiger partial charge in [0.25, 0.3) is 11.5 Å². The van der Waals surface area contributed by atoms with E-state index in [1.54, 1.807) is 6.92 Å². The van der Waals surface area contributed by atoms with Crippen LogP contribution >= 0.6 is 0 Å².